The maximum Gasteiger partial charge on any atom is 0.417 e. The van der Waals surface area contributed by atoms with E-state index in [-0.39, 0.29) is 39.3 Å². The third-order valence-electron chi connectivity index (χ3n) is 7.90. The van der Waals surface area contributed by atoms with Crippen molar-refractivity contribution in [3.63, 3.8) is 0 Å². The summed E-state index contributed by atoms with van der Waals surface area (Å²) in [5.74, 6) is -3.52. The zero-order valence-corrected chi connectivity index (χ0v) is 32.2. The normalized spacial score (nSPS) is 12.2. The van der Waals surface area contributed by atoms with Gasteiger partial charge in [0.15, 0.2) is 11.9 Å². The van der Waals surface area contributed by atoms with Crippen LogP contribution in [0.25, 0.3) is 0 Å². The summed E-state index contributed by atoms with van der Waals surface area (Å²) >= 11 is 0.640. The van der Waals surface area contributed by atoms with Crippen molar-refractivity contribution < 1.29 is 70.7 Å². The second-order valence-corrected chi connectivity index (χ2v) is 15.1. The number of hydrogen-bond acceptors (Lipinski definition) is 5. The first-order valence-corrected chi connectivity index (χ1v) is 18.7. The molecule has 4 aromatic rings. The topological polar surface area (TPSA) is 197 Å². The molecule has 10 nitrogen and oxygen atoms in total. The molecule has 324 valence electrons. The lowest BCUT2D eigenvalue weighted by atomic mass is 10.0. The van der Waals surface area contributed by atoms with Crippen LogP contribution in [-0.4, -0.2) is 32.2 Å². The second-order valence-electron chi connectivity index (χ2n) is 12.0. The Morgan fingerprint density at radius 3 is 1.32 bits per heavy atom. The number of nitrogens with zero attached hydrogens (tertiary/aromatic N) is 2. The van der Waals surface area contributed by atoms with Gasteiger partial charge in [0, 0.05) is 20.9 Å². The molecule has 0 unspecified atom stereocenters. The van der Waals surface area contributed by atoms with Crippen molar-refractivity contribution >= 4 is 45.3 Å². The highest BCUT2D eigenvalue weighted by Gasteiger charge is 2.40. The molecule has 8 N–H and O–H groups in total. The van der Waals surface area contributed by atoms with Crippen LogP contribution in [0.1, 0.15) is 67.9 Å². The summed E-state index contributed by atoms with van der Waals surface area (Å²) in [6, 6.07) is 8.51. The molecule has 0 saturated heterocycles. The second kappa shape index (κ2) is 18.2. The average Bonchev–Trinajstić information content (AvgIpc) is 3.12. The molecule has 24 heteroatoms. The Morgan fingerprint density at radius 2 is 0.950 bits per heavy atom. The summed E-state index contributed by atoms with van der Waals surface area (Å²) in [6.07, 6.45) is -19.2. The van der Waals surface area contributed by atoms with Gasteiger partial charge in [0.25, 0.3) is 11.8 Å². The molecule has 0 bridgehead atoms. The Hall–Kier alpha value is -5.78. The summed E-state index contributed by atoms with van der Waals surface area (Å²) in [4.78, 5) is 28.6. The predicted octanol–water partition coefficient (Wildman–Crippen LogP) is 8.38. The van der Waals surface area contributed by atoms with Crippen LogP contribution in [-0.2, 0) is 47.4 Å². The molecule has 0 aliphatic rings. The van der Waals surface area contributed by atoms with E-state index in [4.69, 9.17) is 22.9 Å². The average molecular weight is 903 g/mol. The molecule has 0 spiro atoms. The van der Waals surface area contributed by atoms with Gasteiger partial charge in [-0.3, -0.25) is 9.59 Å². The van der Waals surface area contributed by atoms with Crippen molar-refractivity contribution in [1.29, 1.82) is 0 Å². The molecule has 2 amide bonds. The largest absolute Gasteiger partial charge is 0.417 e. The number of aliphatic imine (C=N–C) groups is 2. The maximum atomic E-state index is 13.6. The minimum Gasteiger partial charge on any atom is -0.370 e. The number of amides is 2. The van der Waals surface area contributed by atoms with E-state index >= 15 is 0 Å². The van der Waals surface area contributed by atoms with Crippen molar-refractivity contribution in [2.24, 2.45) is 32.9 Å². The van der Waals surface area contributed by atoms with Crippen LogP contribution in [0.15, 0.2) is 102 Å². The molecule has 0 fully saturated rings. The van der Waals surface area contributed by atoms with Crippen LogP contribution in [0.5, 0.6) is 0 Å². The number of benzene rings is 4. The van der Waals surface area contributed by atoms with E-state index in [9.17, 15) is 70.7 Å². The van der Waals surface area contributed by atoms with Crippen LogP contribution in [0.4, 0.5) is 52.7 Å². The zero-order valence-electron chi connectivity index (χ0n) is 30.5. The van der Waals surface area contributed by atoms with E-state index in [0.29, 0.717) is 54.2 Å². The Kier molecular flexibility index (Phi) is 14.8. The zero-order chi connectivity index (χ0) is 45.8. The van der Waals surface area contributed by atoms with Gasteiger partial charge in [-0.15, -0.1) is 0 Å². The van der Waals surface area contributed by atoms with Crippen LogP contribution in [0, 0.1) is 0 Å². The van der Waals surface area contributed by atoms with Crippen molar-refractivity contribution in [1.82, 2.24) is 0 Å². The van der Waals surface area contributed by atoms with Gasteiger partial charge < -0.3 is 22.9 Å². The van der Waals surface area contributed by atoms with Crippen LogP contribution < -0.4 is 22.9 Å². The highest BCUT2D eigenvalue weighted by molar-refractivity contribution is 7.99. The molecule has 4 rings (SSSR count). The smallest absolute Gasteiger partial charge is 0.370 e. The van der Waals surface area contributed by atoms with Crippen molar-refractivity contribution in [2.45, 2.75) is 71.0 Å². The summed E-state index contributed by atoms with van der Waals surface area (Å²) in [5.41, 5.74) is 14.8. The lowest BCUT2D eigenvalue weighted by molar-refractivity contribution is -0.140. The number of rotatable bonds is 8. The molecular formula is C36H30F12N6O4S2. The Balaban J connectivity index is 0.000000321. The minimum absolute atomic E-state index is 0.0608. The van der Waals surface area contributed by atoms with Crippen LogP contribution in [0.3, 0.4) is 0 Å². The van der Waals surface area contributed by atoms with Gasteiger partial charge in [-0.25, -0.2) is 8.42 Å². The fourth-order valence-electron chi connectivity index (χ4n) is 5.12. The molecule has 0 radical (unpaired) electrons. The van der Waals surface area contributed by atoms with Crippen molar-refractivity contribution in [3.8, 4) is 0 Å². The third-order valence-corrected chi connectivity index (χ3v) is 10.8. The summed E-state index contributed by atoms with van der Waals surface area (Å²) < 4.78 is 183. The van der Waals surface area contributed by atoms with Crippen LogP contribution >= 0.6 is 11.8 Å². The van der Waals surface area contributed by atoms with Crippen molar-refractivity contribution in [2.75, 3.05) is 0 Å². The van der Waals surface area contributed by atoms with E-state index in [1.54, 1.807) is 6.92 Å². The van der Waals surface area contributed by atoms with Gasteiger partial charge in [-0.05, 0) is 96.8 Å². The lowest BCUT2D eigenvalue weighted by Crippen LogP contribution is -2.25. The summed E-state index contributed by atoms with van der Waals surface area (Å²) in [5, 5.41) is 0. The highest BCUT2D eigenvalue weighted by atomic mass is 32.2. The molecular weight excluding hydrogens is 873 g/mol. The van der Waals surface area contributed by atoms with Gasteiger partial charge in [0.05, 0.1) is 32.0 Å². The highest BCUT2D eigenvalue weighted by Crippen LogP contribution is 2.43. The Bertz CT molecular complexity index is 2400. The van der Waals surface area contributed by atoms with Crippen molar-refractivity contribution in [3.05, 3.63) is 117 Å². The number of aryl methyl sites for hydroxylation is 2. The molecule has 0 aromatic heterocycles. The lowest BCUT2D eigenvalue weighted by Gasteiger charge is -2.17. The van der Waals surface area contributed by atoms with Gasteiger partial charge in [0.2, 0.25) is 9.84 Å². The van der Waals surface area contributed by atoms with Gasteiger partial charge in [-0.2, -0.15) is 62.7 Å². The minimum atomic E-state index is -5.21. The van der Waals surface area contributed by atoms with Gasteiger partial charge in [-0.1, -0.05) is 25.6 Å². The number of guanidine groups is 2. The fraction of sp³-hybridized carbons (Fsp3) is 0.222. The number of sulfone groups is 1. The monoisotopic (exact) mass is 902 g/mol. The van der Waals surface area contributed by atoms with E-state index in [2.05, 4.69) is 9.98 Å². The number of nitrogens with two attached hydrogens (primary N) is 4. The number of alkyl halides is 12. The fourth-order valence-corrected chi connectivity index (χ4v) is 7.64. The molecule has 0 aliphatic carbocycles. The number of halogens is 12. The maximum absolute atomic E-state index is 13.6. The molecule has 0 heterocycles. The standard InChI is InChI=1S/C18H15F6N3O3S.C18H15F6N3OS/c1-2-9-7-14(13(18(22,23)24)8-12(9)15(28)27-16(25)26)31(29,30)11-5-3-10(4-6-11)17(19,20)21;1-2-9-7-14(29-11-5-3-10(4-6-11)17(19,20)21)13(18(22,23)24)8-12(9)15(28)27-16(25)26/h3-8H,2H2,1H3,(H4,25,26,27,28);3-8H,2H2,1H3,(H4,25,26,27,28). The first-order valence-electron chi connectivity index (χ1n) is 16.4. The summed E-state index contributed by atoms with van der Waals surface area (Å²) in [7, 11) is -4.90. The first-order chi connectivity index (χ1) is 27.4. The van der Waals surface area contributed by atoms with E-state index in [1.807, 2.05) is 0 Å². The third kappa shape index (κ3) is 12.1. The molecule has 4 aromatic carbocycles. The van der Waals surface area contributed by atoms with E-state index in [0.717, 1.165) is 24.3 Å². The Labute approximate surface area is 336 Å². The van der Waals surface area contributed by atoms with E-state index < -0.39 is 95.9 Å². The first kappa shape index (κ1) is 48.6. The number of hydrogen-bond donors (Lipinski definition) is 4. The molecule has 0 saturated carbocycles. The predicted molar refractivity (Wildman–Crippen MR) is 194 cm³/mol. The molecule has 60 heavy (non-hydrogen) atoms. The molecule has 0 aliphatic heterocycles. The van der Waals surface area contributed by atoms with Gasteiger partial charge >= 0.3 is 24.7 Å². The molecule has 0 atom stereocenters. The van der Waals surface area contributed by atoms with E-state index in [1.165, 1.54) is 13.0 Å². The Morgan fingerprint density at radius 1 is 0.567 bits per heavy atom. The number of carbonyl (C=O) groups excluding carboxylic acids is 2. The number of carbonyl (C=O) groups is 2. The SMILES string of the molecule is CCc1cc(S(=O)(=O)c2ccc(C(F)(F)F)cc2)c(C(F)(F)F)cc1C(=O)N=C(N)N.CCc1cc(Sc2ccc(C(F)(F)F)cc2)c(C(F)(F)F)cc1C(=O)N=C(N)N. The summed E-state index contributed by atoms with van der Waals surface area (Å²) in [6.45, 7) is 3.07. The van der Waals surface area contributed by atoms with Crippen LogP contribution in [0.2, 0.25) is 0 Å². The quantitative estimate of drug-likeness (QED) is 0.0763. The van der Waals surface area contributed by atoms with Gasteiger partial charge in [0.1, 0.15) is 0 Å².